The highest BCUT2D eigenvalue weighted by atomic mass is 16.3. The predicted molar refractivity (Wildman–Crippen MR) is 69.8 cm³/mol. The monoisotopic (exact) mass is 239 g/mol. The van der Waals surface area contributed by atoms with Gasteiger partial charge in [-0.1, -0.05) is 25.7 Å². The highest BCUT2D eigenvalue weighted by molar-refractivity contribution is 5.78. The molecule has 2 aliphatic carbocycles. The van der Waals surface area contributed by atoms with Gasteiger partial charge in [0.05, 0.1) is 6.10 Å². The minimum atomic E-state index is -0.174. The second-order valence-corrected chi connectivity index (χ2v) is 5.46. The van der Waals surface area contributed by atoms with E-state index in [9.17, 15) is 5.11 Å². The summed E-state index contributed by atoms with van der Waals surface area (Å²) < 4.78 is 0. The van der Waals surface area contributed by atoms with Crippen molar-refractivity contribution in [2.45, 2.75) is 63.5 Å². The fourth-order valence-electron chi connectivity index (χ4n) is 2.94. The molecule has 2 atom stereocenters. The van der Waals surface area contributed by atoms with E-state index in [1.54, 1.807) is 0 Å². The van der Waals surface area contributed by atoms with Crippen molar-refractivity contribution >= 4 is 5.96 Å². The van der Waals surface area contributed by atoms with Crippen LogP contribution in [0.4, 0.5) is 0 Å². The lowest BCUT2D eigenvalue weighted by Crippen LogP contribution is -2.39. The molecule has 0 aromatic heterocycles. The molecule has 0 spiro atoms. The standard InChI is InChI=1S/C13H25N3O/c14-13(16-11-6-2-3-7-11)15-9-10-5-1-4-8-12(10)17/h10-12,17H,1-9H2,(H3,14,15,16). The Kier molecular flexibility index (Phi) is 4.66. The van der Waals surface area contributed by atoms with E-state index in [0.717, 1.165) is 19.3 Å². The SMILES string of the molecule is NC(=NCC1CCCCC1O)NC1CCCC1. The molecule has 0 amide bonds. The summed E-state index contributed by atoms with van der Waals surface area (Å²) in [7, 11) is 0. The first-order chi connectivity index (χ1) is 8.25. The number of rotatable bonds is 3. The molecule has 0 saturated heterocycles. The van der Waals surface area contributed by atoms with Crippen molar-refractivity contribution in [2.75, 3.05) is 6.54 Å². The van der Waals surface area contributed by atoms with E-state index in [-0.39, 0.29) is 6.10 Å². The maximum atomic E-state index is 9.84. The molecule has 2 aliphatic rings. The van der Waals surface area contributed by atoms with Gasteiger partial charge >= 0.3 is 0 Å². The van der Waals surface area contributed by atoms with Crippen LogP contribution in [0.25, 0.3) is 0 Å². The number of aliphatic hydroxyl groups is 1. The van der Waals surface area contributed by atoms with E-state index >= 15 is 0 Å². The smallest absolute Gasteiger partial charge is 0.188 e. The molecule has 4 heteroatoms. The predicted octanol–water partition coefficient (Wildman–Crippen LogP) is 1.38. The van der Waals surface area contributed by atoms with Gasteiger partial charge in [-0.15, -0.1) is 0 Å². The van der Waals surface area contributed by atoms with Gasteiger partial charge in [-0.2, -0.15) is 0 Å². The lowest BCUT2D eigenvalue weighted by molar-refractivity contribution is 0.0745. The second kappa shape index (κ2) is 6.24. The first kappa shape index (κ1) is 12.7. The maximum absolute atomic E-state index is 9.84. The number of hydrogen-bond acceptors (Lipinski definition) is 2. The Morgan fingerprint density at radius 2 is 1.76 bits per heavy atom. The molecule has 0 heterocycles. The van der Waals surface area contributed by atoms with Gasteiger partial charge in [-0.25, -0.2) is 0 Å². The zero-order chi connectivity index (χ0) is 12.1. The summed E-state index contributed by atoms with van der Waals surface area (Å²) in [6.07, 6.45) is 9.22. The molecule has 2 unspecified atom stereocenters. The maximum Gasteiger partial charge on any atom is 0.188 e. The van der Waals surface area contributed by atoms with E-state index in [2.05, 4.69) is 10.3 Å². The van der Waals surface area contributed by atoms with E-state index < -0.39 is 0 Å². The summed E-state index contributed by atoms with van der Waals surface area (Å²) in [5.74, 6) is 0.877. The van der Waals surface area contributed by atoms with Crippen LogP contribution in [0.2, 0.25) is 0 Å². The van der Waals surface area contributed by atoms with E-state index in [4.69, 9.17) is 5.73 Å². The van der Waals surface area contributed by atoms with Crippen molar-refractivity contribution in [3.05, 3.63) is 0 Å². The van der Waals surface area contributed by atoms with Crippen LogP contribution in [-0.4, -0.2) is 29.8 Å². The topological polar surface area (TPSA) is 70.6 Å². The fourth-order valence-corrected chi connectivity index (χ4v) is 2.94. The van der Waals surface area contributed by atoms with Crippen molar-refractivity contribution in [3.8, 4) is 0 Å². The van der Waals surface area contributed by atoms with Crippen LogP contribution >= 0.6 is 0 Å². The Labute approximate surface area is 104 Å². The third kappa shape index (κ3) is 3.87. The van der Waals surface area contributed by atoms with Gasteiger partial charge in [0.1, 0.15) is 0 Å². The summed E-state index contributed by atoms with van der Waals surface area (Å²) in [4.78, 5) is 4.39. The highest BCUT2D eigenvalue weighted by Gasteiger charge is 2.22. The molecular formula is C13H25N3O. The molecule has 98 valence electrons. The molecule has 2 saturated carbocycles. The minimum absolute atomic E-state index is 0.174. The Bertz CT molecular complexity index is 261. The number of nitrogens with zero attached hydrogens (tertiary/aromatic N) is 1. The van der Waals surface area contributed by atoms with Crippen LogP contribution in [0.1, 0.15) is 51.4 Å². The first-order valence-corrected chi connectivity index (χ1v) is 7.00. The van der Waals surface area contributed by atoms with E-state index in [1.165, 1.54) is 32.1 Å². The van der Waals surface area contributed by atoms with Crippen molar-refractivity contribution in [3.63, 3.8) is 0 Å². The fraction of sp³-hybridized carbons (Fsp3) is 0.923. The molecule has 0 aliphatic heterocycles. The number of hydrogen-bond donors (Lipinski definition) is 3. The van der Waals surface area contributed by atoms with Crippen LogP contribution in [0.5, 0.6) is 0 Å². The van der Waals surface area contributed by atoms with Crippen molar-refractivity contribution in [1.82, 2.24) is 5.32 Å². The quantitative estimate of drug-likeness (QED) is 0.515. The molecule has 0 aromatic rings. The summed E-state index contributed by atoms with van der Waals surface area (Å²) >= 11 is 0. The second-order valence-electron chi connectivity index (χ2n) is 5.46. The molecule has 0 bridgehead atoms. The third-order valence-corrected chi connectivity index (χ3v) is 4.07. The molecular weight excluding hydrogens is 214 g/mol. The average molecular weight is 239 g/mol. The number of aliphatic imine (C=N–C) groups is 1. The molecule has 0 radical (unpaired) electrons. The Hall–Kier alpha value is -0.770. The van der Waals surface area contributed by atoms with Gasteiger partial charge < -0.3 is 16.2 Å². The minimum Gasteiger partial charge on any atom is -0.393 e. The summed E-state index contributed by atoms with van der Waals surface area (Å²) in [5.41, 5.74) is 5.87. The third-order valence-electron chi connectivity index (χ3n) is 4.07. The largest absolute Gasteiger partial charge is 0.393 e. The van der Waals surface area contributed by atoms with Crippen LogP contribution in [0.3, 0.4) is 0 Å². The zero-order valence-electron chi connectivity index (χ0n) is 10.6. The van der Waals surface area contributed by atoms with Gasteiger partial charge in [0, 0.05) is 18.5 Å². The molecule has 0 aromatic carbocycles. The normalized spacial score (nSPS) is 31.7. The van der Waals surface area contributed by atoms with Crippen LogP contribution in [0, 0.1) is 5.92 Å². The van der Waals surface area contributed by atoms with Gasteiger partial charge in [0.15, 0.2) is 5.96 Å². The number of guanidine groups is 1. The average Bonchev–Trinajstić information content (AvgIpc) is 2.81. The number of nitrogens with one attached hydrogen (secondary N) is 1. The number of nitrogens with two attached hydrogens (primary N) is 1. The lowest BCUT2D eigenvalue weighted by Gasteiger charge is -2.26. The Morgan fingerprint density at radius 3 is 2.47 bits per heavy atom. The van der Waals surface area contributed by atoms with Crippen molar-refractivity contribution < 1.29 is 5.11 Å². The highest BCUT2D eigenvalue weighted by Crippen LogP contribution is 2.24. The number of aliphatic hydroxyl groups excluding tert-OH is 1. The van der Waals surface area contributed by atoms with Gasteiger partial charge in [0.2, 0.25) is 0 Å². The summed E-state index contributed by atoms with van der Waals surface area (Å²) in [6, 6.07) is 0.523. The molecule has 4 N–H and O–H groups in total. The van der Waals surface area contributed by atoms with Crippen LogP contribution in [0.15, 0.2) is 4.99 Å². The van der Waals surface area contributed by atoms with Gasteiger partial charge in [0.25, 0.3) is 0 Å². The van der Waals surface area contributed by atoms with Gasteiger partial charge in [-0.05, 0) is 25.7 Å². The Morgan fingerprint density at radius 1 is 1.12 bits per heavy atom. The molecule has 4 nitrogen and oxygen atoms in total. The van der Waals surface area contributed by atoms with Crippen molar-refractivity contribution in [1.29, 1.82) is 0 Å². The first-order valence-electron chi connectivity index (χ1n) is 7.00. The zero-order valence-corrected chi connectivity index (χ0v) is 10.6. The van der Waals surface area contributed by atoms with E-state index in [1.807, 2.05) is 0 Å². The lowest BCUT2D eigenvalue weighted by atomic mass is 9.87. The van der Waals surface area contributed by atoms with E-state index in [0.29, 0.717) is 24.5 Å². The molecule has 2 rings (SSSR count). The summed E-state index contributed by atoms with van der Waals surface area (Å²) in [6.45, 7) is 0.673. The summed E-state index contributed by atoms with van der Waals surface area (Å²) in [5, 5.41) is 13.1. The Balaban J connectivity index is 1.74. The van der Waals surface area contributed by atoms with Crippen LogP contribution in [-0.2, 0) is 0 Å². The van der Waals surface area contributed by atoms with Crippen LogP contribution < -0.4 is 11.1 Å². The van der Waals surface area contributed by atoms with Crippen molar-refractivity contribution in [2.24, 2.45) is 16.6 Å². The molecule has 2 fully saturated rings. The van der Waals surface area contributed by atoms with Gasteiger partial charge in [-0.3, -0.25) is 4.99 Å². The molecule has 17 heavy (non-hydrogen) atoms.